The summed E-state index contributed by atoms with van der Waals surface area (Å²) >= 11 is 13.5. The zero-order valence-electron chi connectivity index (χ0n) is 10.8. The van der Waals surface area contributed by atoms with E-state index in [2.05, 4.69) is 29.4 Å². The number of benzene rings is 1. The molecule has 0 amide bonds. The molecule has 1 heterocycles. The van der Waals surface area contributed by atoms with Crippen LogP contribution in [-0.2, 0) is 6.42 Å². The number of halogens is 2. The van der Waals surface area contributed by atoms with Gasteiger partial charge in [-0.3, -0.25) is 0 Å². The molecule has 0 radical (unpaired) electrons. The minimum absolute atomic E-state index is 0.488. The Bertz CT molecular complexity index is 555. The van der Waals surface area contributed by atoms with Crippen LogP contribution >= 0.6 is 34.5 Å². The summed E-state index contributed by atoms with van der Waals surface area (Å²) in [6.45, 7) is 5.16. The summed E-state index contributed by atoms with van der Waals surface area (Å²) in [7, 11) is 0. The fraction of sp³-hybridized carbons (Fsp3) is 0.385. The van der Waals surface area contributed by atoms with Gasteiger partial charge in [0.2, 0.25) is 0 Å². The topological polar surface area (TPSA) is 37.8 Å². The second-order valence-electron chi connectivity index (χ2n) is 4.49. The van der Waals surface area contributed by atoms with Gasteiger partial charge in [0.15, 0.2) is 0 Å². The van der Waals surface area contributed by atoms with E-state index in [-0.39, 0.29) is 0 Å². The van der Waals surface area contributed by atoms with Crippen LogP contribution in [0.2, 0.25) is 10.0 Å². The van der Waals surface area contributed by atoms with Gasteiger partial charge in [0, 0.05) is 24.6 Å². The van der Waals surface area contributed by atoms with Gasteiger partial charge in [0.25, 0.3) is 0 Å². The molecule has 0 unspecified atom stereocenters. The quantitative estimate of drug-likeness (QED) is 0.904. The number of aromatic nitrogens is 2. The molecule has 6 heteroatoms. The van der Waals surface area contributed by atoms with Gasteiger partial charge in [-0.15, -0.1) is 10.2 Å². The molecule has 19 heavy (non-hydrogen) atoms. The van der Waals surface area contributed by atoms with E-state index in [9.17, 15) is 0 Å². The molecule has 2 rings (SSSR count). The minimum atomic E-state index is 0.488. The largest absolute Gasteiger partial charge is 0.314 e. The SMILES string of the molecule is CC(C)NCCc1nnc(-c2ccc(Cl)c(Cl)c2)s1. The number of nitrogens with one attached hydrogen (secondary N) is 1. The highest BCUT2D eigenvalue weighted by Gasteiger charge is 2.08. The summed E-state index contributed by atoms with van der Waals surface area (Å²) in [5, 5.41) is 14.7. The smallest absolute Gasteiger partial charge is 0.147 e. The Morgan fingerprint density at radius 1 is 1.21 bits per heavy atom. The van der Waals surface area contributed by atoms with Crippen molar-refractivity contribution in [2.75, 3.05) is 6.54 Å². The standard InChI is InChI=1S/C13H15Cl2N3S/c1-8(2)16-6-5-12-17-18-13(19-12)9-3-4-10(14)11(15)7-9/h3-4,7-8,16H,5-6H2,1-2H3. The monoisotopic (exact) mass is 315 g/mol. The average Bonchev–Trinajstić information content (AvgIpc) is 2.81. The number of hydrogen-bond acceptors (Lipinski definition) is 4. The van der Waals surface area contributed by atoms with E-state index < -0.39 is 0 Å². The zero-order valence-corrected chi connectivity index (χ0v) is 13.1. The molecule has 0 saturated carbocycles. The average molecular weight is 316 g/mol. The van der Waals surface area contributed by atoms with Gasteiger partial charge in [-0.05, 0) is 12.1 Å². The first-order valence-electron chi connectivity index (χ1n) is 6.07. The van der Waals surface area contributed by atoms with Crippen molar-refractivity contribution in [2.24, 2.45) is 0 Å². The summed E-state index contributed by atoms with van der Waals surface area (Å²) in [4.78, 5) is 0. The van der Waals surface area contributed by atoms with Crippen molar-refractivity contribution in [3.63, 3.8) is 0 Å². The molecule has 102 valence electrons. The van der Waals surface area contributed by atoms with E-state index in [4.69, 9.17) is 23.2 Å². The lowest BCUT2D eigenvalue weighted by Gasteiger charge is -2.05. The summed E-state index contributed by atoms with van der Waals surface area (Å²) in [6, 6.07) is 5.99. The van der Waals surface area contributed by atoms with Crippen LogP contribution in [0, 0.1) is 0 Å². The zero-order chi connectivity index (χ0) is 13.8. The molecule has 0 bridgehead atoms. The van der Waals surface area contributed by atoms with Crippen LogP contribution in [0.4, 0.5) is 0 Å². The lowest BCUT2D eigenvalue weighted by atomic mass is 10.2. The van der Waals surface area contributed by atoms with Gasteiger partial charge in [-0.1, -0.05) is 54.5 Å². The molecule has 2 aromatic rings. The highest BCUT2D eigenvalue weighted by Crippen LogP contribution is 2.30. The van der Waals surface area contributed by atoms with Crippen LogP contribution in [0.15, 0.2) is 18.2 Å². The molecule has 0 aliphatic carbocycles. The van der Waals surface area contributed by atoms with Crippen LogP contribution in [0.3, 0.4) is 0 Å². The fourth-order valence-electron chi connectivity index (χ4n) is 1.57. The highest BCUT2D eigenvalue weighted by molar-refractivity contribution is 7.14. The van der Waals surface area contributed by atoms with E-state index >= 15 is 0 Å². The van der Waals surface area contributed by atoms with Crippen molar-refractivity contribution < 1.29 is 0 Å². The predicted molar refractivity (Wildman–Crippen MR) is 82.2 cm³/mol. The molecule has 0 aliphatic heterocycles. The lowest BCUT2D eigenvalue weighted by Crippen LogP contribution is -2.24. The van der Waals surface area contributed by atoms with E-state index in [0.717, 1.165) is 28.5 Å². The molecule has 0 aliphatic rings. The molecular formula is C13H15Cl2N3S. The van der Waals surface area contributed by atoms with Gasteiger partial charge in [0.05, 0.1) is 10.0 Å². The van der Waals surface area contributed by atoms with Crippen LogP contribution in [0.5, 0.6) is 0 Å². The van der Waals surface area contributed by atoms with Crippen LogP contribution < -0.4 is 5.32 Å². The van der Waals surface area contributed by atoms with Crippen LogP contribution in [-0.4, -0.2) is 22.8 Å². The van der Waals surface area contributed by atoms with Gasteiger partial charge >= 0.3 is 0 Å². The first-order chi connectivity index (χ1) is 9.06. The van der Waals surface area contributed by atoms with Crippen molar-refractivity contribution >= 4 is 34.5 Å². The van der Waals surface area contributed by atoms with Gasteiger partial charge in [-0.2, -0.15) is 0 Å². The maximum Gasteiger partial charge on any atom is 0.147 e. The first-order valence-corrected chi connectivity index (χ1v) is 7.64. The van der Waals surface area contributed by atoms with E-state index in [0.29, 0.717) is 16.1 Å². The molecule has 0 atom stereocenters. The minimum Gasteiger partial charge on any atom is -0.314 e. The second kappa shape index (κ2) is 6.66. The third-order valence-electron chi connectivity index (χ3n) is 2.52. The van der Waals surface area contributed by atoms with Crippen molar-refractivity contribution in [2.45, 2.75) is 26.3 Å². The van der Waals surface area contributed by atoms with E-state index in [1.165, 1.54) is 0 Å². The third-order valence-corrected chi connectivity index (χ3v) is 4.30. The Balaban J connectivity index is 2.05. The maximum absolute atomic E-state index is 6.00. The Kier molecular flexibility index (Phi) is 5.16. The van der Waals surface area contributed by atoms with E-state index in [1.807, 2.05) is 12.1 Å². The molecule has 0 saturated heterocycles. The Morgan fingerprint density at radius 2 is 2.00 bits per heavy atom. The summed E-state index contributed by atoms with van der Waals surface area (Å²) in [6.07, 6.45) is 0.886. The number of hydrogen-bond donors (Lipinski definition) is 1. The van der Waals surface area contributed by atoms with Gasteiger partial charge in [-0.25, -0.2) is 0 Å². The van der Waals surface area contributed by atoms with E-state index in [1.54, 1.807) is 17.4 Å². The molecular weight excluding hydrogens is 301 g/mol. The highest BCUT2D eigenvalue weighted by atomic mass is 35.5. The fourth-order valence-corrected chi connectivity index (χ4v) is 2.70. The summed E-state index contributed by atoms with van der Waals surface area (Å²) in [5.41, 5.74) is 0.954. The number of rotatable bonds is 5. The Labute approximate surface area is 127 Å². The molecule has 1 aromatic carbocycles. The molecule has 0 fully saturated rings. The molecule has 0 spiro atoms. The lowest BCUT2D eigenvalue weighted by molar-refractivity contribution is 0.588. The van der Waals surface area contributed by atoms with Crippen molar-refractivity contribution in [3.8, 4) is 10.6 Å². The second-order valence-corrected chi connectivity index (χ2v) is 6.37. The predicted octanol–water partition coefficient (Wildman–Crippen LogP) is 4.05. The van der Waals surface area contributed by atoms with Crippen molar-refractivity contribution in [3.05, 3.63) is 33.3 Å². The summed E-state index contributed by atoms with van der Waals surface area (Å²) in [5.74, 6) is 0. The first kappa shape index (κ1) is 14.7. The normalized spacial score (nSPS) is 11.2. The molecule has 1 N–H and O–H groups in total. The third kappa shape index (κ3) is 4.14. The van der Waals surface area contributed by atoms with Crippen molar-refractivity contribution in [1.29, 1.82) is 0 Å². The van der Waals surface area contributed by atoms with Gasteiger partial charge in [0.1, 0.15) is 10.0 Å². The van der Waals surface area contributed by atoms with Crippen LogP contribution in [0.25, 0.3) is 10.6 Å². The van der Waals surface area contributed by atoms with Crippen molar-refractivity contribution in [1.82, 2.24) is 15.5 Å². The molecule has 3 nitrogen and oxygen atoms in total. The Hall–Kier alpha value is -0.680. The summed E-state index contributed by atoms with van der Waals surface area (Å²) < 4.78 is 0. The number of nitrogens with zero attached hydrogens (tertiary/aromatic N) is 2. The maximum atomic E-state index is 6.00. The van der Waals surface area contributed by atoms with Crippen LogP contribution in [0.1, 0.15) is 18.9 Å². The Morgan fingerprint density at radius 3 is 2.68 bits per heavy atom. The van der Waals surface area contributed by atoms with Gasteiger partial charge < -0.3 is 5.32 Å². The molecule has 1 aromatic heterocycles.